The zero-order chi connectivity index (χ0) is 30.7. The highest BCUT2D eigenvalue weighted by atomic mass is 19.3. The number of carbonyl (C=O) groups is 1. The zero-order valence-corrected chi connectivity index (χ0v) is 24.5. The van der Waals surface area contributed by atoms with Gasteiger partial charge < -0.3 is 14.8 Å². The molecule has 0 unspecified atom stereocenters. The van der Waals surface area contributed by atoms with Crippen LogP contribution in [0.1, 0.15) is 64.4 Å². The molecule has 10 nitrogen and oxygen atoms in total. The van der Waals surface area contributed by atoms with Crippen LogP contribution in [0.3, 0.4) is 0 Å². The van der Waals surface area contributed by atoms with Crippen molar-refractivity contribution in [3.8, 4) is 11.4 Å². The van der Waals surface area contributed by atoms with Crippen molar-refractivity contribution in [3.63, 3.8) is 0 Å². The molecule has 13 heteroatoms. The van der Waals surface area contributed by atoms with Crippen molar-refractivity contribution >= 4 is 5.91 Å². The van der Waals surface area contributed by atoms with Crippen LogP contribution in [0.15, 0.2) is 42.9 Å². The molecular formula is C30H34F3N7O3. The van der Waals surface area contributed by atoms with Crippen molar-refractivity contribution in [1.29, 1.82) is 0 Å². The number of hydrogen-bond donors (Lipinski definition) is 1. The molecule has 3 heterocycles. The molecule has 2 aromatic heterocycles. The Morgan fingerprint density at radius 3 is 2.63 bits per heavy atom. The van der Waals surface area contributed by atoms with Gasteiger partial charge in [0.15, 0.2) is 11.6 Å². The lowest BCUT2D eigenvalue weighted by Crippen LogP contribution is -2.35. The largest absolute Gasteiger partial charge is 0.494 e. The third kappa shape index (κ3) is 6.57. The number of carbonyl (C=O) groups excluding carboxylic acids is 1. The minimum absolute atomic E-state index is 0.0106. The summed E-state index contributed by atoms with van der Waals surface area (Å²) in [6.07, 6.45) is 0.825. The quantitative estimate of drug-likeness (QED) is 0.273. The van der Waals surface area contributed by atoms with Gasteiger partial charge in [-0.2, -0.15) is 5.10 Å². The molecule has 2 aromatic carbocycles. The fraction of sp³-hybridized carbons (Fsp3) is 0.400. The molecule has 1 aliphatic heterocycles. The summed E-state index contributed by atoms with van der Waals surface area (Å²) < 4.78 is 54.6. The topological polar surface area (TPSA) is 99.3 Å². The normalized spacial score (nSPS) is 13.5. The van der Waals surface area contributed by atoms with Crippen LogP contribution < -0.4 is 10.1 Å². The summed E-state index contributed by atoms with van der Waals surface area (Å²) in [5, 5.41) is 11.1. The van der Waals surface area contributed by atoms with Gasteiger partial charge in [0.05, 0.1) is 31.5 Å². The molecule has 1 amide bonds. The number of benzene rings is 2. The van der Waals surface area contributed by atoms with E-state index in [1.165, 1.54) is 37.5 Å². The lowest BCUT2D eigenvalue weighted by molar-refractivity contribution is 0.0945. The first-order valence-electron chi connectivity index (χ1n) is 13.9. The summed E-state index contributed by atoms with van der Waals surface area (Å²) in [5.74, 6) is -2.03. The van der Waals surface area contributed by atoms with Gasteiger partial charge in [-0.3, -0.25) is 14.4 Å². The van der Waals surface area contributed by atoms with Crippen molar-refractivity contribution in [1.82, 2.24) is 34.8 Å². The van der Waals surface area contributed by atoms with Crippen LogP contribution in [0.25, 0.3) is 5.69 Å². The van der Waals surface area contributed by atoms with Gasteiger partial charge in [-0.1, -0.05) is 18.2 Å². The fourth-order valence-corrected chi connectivity index (χ4v) is 5.22. The van der Waals surface area contributed by atoms with E-state index < -0.39 is 24.0 Å². The van der Waals surface area contributed by atoms with Crippen LogP contribution in [0.4, 0.5) is 13.2 Å². The number of rotatable bonds is 11. The number of hydrogen-bond acceptors (Lipinski definition) is 7. The average Bonchev–Trinajstić information content (AvgIpc) is 3.64. The van der Waals surface area contributed by atoms with E-state index in [0.29, 0.717) is 18.3 Å². The molecule has 0 saturated carbocycles. The Balaban J connectivity index is 1.36. The SMILES string of the molecule is COCc1nn(Cc2ccc3c(c2)CN(C(C)C)CC3)cc1C(=O)NCc1c(-n2cnc(C(F)F)n2)ccc(OC)c1F. The highest BCUT2D eigenvalue weighted by Gasteiger charge is 2.23. The number of ether oxygens (including phenoxy) is 2. The summed E-state index contributed by atoms with van der Waals surface area (Å²) in [5.41, 5.74) is 4.52. The van der Waals surface area contributed by atoms with Gasteiger partial charge in [0, 0.05) is 44.5 Å². The van der Waals surface area contributed by atoms with E-state index >= 15 is 4.39 Å². The lowest BCUT2D eigenvalue weighted by atomic mass is 9.96. The van der Waals surface area contributed by atoms with E-state index in [0.717, 1.165) is 36.1 Å². The van der Waals surface area contributed by atoms with Crippen LogP contribution in [-0.4, -0.2) is 62.2 Å². The molecule has 5 rings (SSSR count). The van der Waals surface area contributed by atoms with Gasteiger partial charge in [-0.05, 0) is 49.1 Å². The average molecular weight is 598 g/mol. The number of alkyl halides is 2. The van der Waals surface area contributed by atoms with Gasteiger partial charge in [-0.25, -0.2) is 22.8 Å². The number of nitrogens with one attached hydrogen (secondary N) is 1. The fourth-order valence-electron chi connectivity index (χ4n) is 5.22. The van der Waals surface area contributed by atoms with E-state index in [4.69, 9.17) is 9.47 Å². The predicted octanol–water partition coefficient (Wildman–Crippen LogP) is 4.44. The summed E-state index contributed by atoms with van der Waals surface area (Å²) in [7, 11) is 2.81. The molecule has 43 heavy (non-hydrogen) atoms. The highest BCUT2D eigenvalue weighted by molar-refractivity contribution is 5.95. The maximum Gasteiger partial charge on any atom is 0.299 e. The predicted molar refractivity (Wildman–Crippen MR) is 152 cm³/mol. The monoisotopic (exact) mass is 597 g/mol. The van der Waals surface area contributed by atoms with Crippen LogP contribution in [0, 0.1) is 5.82 Å². The van der Waals surface area contributed by atoms with E-state index in [9.17, 15) is 13.6 Å². The van der Waals surface area contributed by atoms with Crippen molar-refractivity contribution in [2.24, 2.45) is 0 Å². The van der Waals surface area contributed by atoms with Crippen molar-refractivity contribution in [2.75, 3.05) is 20.8 Å². The second-order valence-corrected chi connectivity index (χ2v) is 10.6. The summed E-state index contributed by atoms with van der Waals surface area (Å²) in [6.45, 7) is 6.59. The van der Waals surface area contributed by atoms with E-state index in [1.54, 1.807) is 10.9 Å². The Hall–Kier alpha value is -4.23. The zero-order valence-electron chi connectivity index (χ0n) is 24.5. The molecule has 0 bridgehead atoms. The molecule has 228 valence electrons. The lowest BCUT2D eigenvalue weighted by Gasteiger charge is -2.32. The number of amides is 1. The van der Waals surface area contributed by atoms with Gasteiger partial charge in [0.2, 0.25) is 5.82 Å². The molecule has 1 N–H and O–H groups in total. The summed E-state index contributed by atoms with van der Waals surface area (Å²) >= 11 is 0. The molecule has 0 saturated heterocycles. The van der Waals surface area contributed by atoms with Crippen molar-refractivity contribution in [2.45, 2.75) is 59.0 Å². The van der Waals surface area contributed by atoms with Crippen molar-refractivity contribution in [3.05, 3.63) is 88.0 Å². The molecular weight excluding hydrogens is 563 g/mol. The second kappa shape index (κ2) is 13.0. The number of nitrogens with zero attached hydrogens (tertiary/aromatic N) is 6. The Labute approximate surface area is 247 Å². The van der Waals surface area contributed by atoms with Crippen LogP contribution in [0.5, 0.6) is 5.75 Å². The smallest absolute Gasteiger partial charge is 0.299 e. The molecule has 0 spiro atoms. The van der Waals surface area contributed by atoms with Crippen LogP contribution in [-0.2, 0) is 37.4 Å². The Bertz CT molecular complexity index is 1600. The molecule has 1 aliphatic rings. The van der Waals surface area contributed by atoms with E-state index in [1.807, 2.05) is 0 Å². The Kier molecular flexibility index (Phi) is 9.11. The molecule has 0 atom stereocenters. The Morgan fingerprint density at radius 1 is 1.12 bits per heavy atom. The molecule has 4 aromatic rings. The summed E-state index contributed by atoms with van der Waals surface area (Å²) in [4.78, 5) is 19.4. The maximum absolute atomic E-state index is 15.3. The highest BCUT2D eigenvalue weighted by Crippen LogP contribution is 2.27. The first kappa shape index (κ1) is 30.2. The minimum Gasteiger partial charge on any atom is -0.494 e. The first-order chi connectivity index (χ1) is 20.7. The third-order valence-electron chi connectivity index (χ3n) is 7.53. The van der Waals surface area contributed by atoms with E-state index in [-0.39, 0.29) is 35.7 Å². The van der Waals surface area contributed by atoms with Gasteiger partial charge >= 0.3 is 0 Å². The first-order valence-corrected chi connectivity index (χ1v) is 13.9. The number of fused-ring (bicyclic) bond motifs is 1. The minimum atomic E-state index is -2.89. The maximum atomic E-state index is 15.3. The van der Waals surface area contributed by atoms with E-state index in [2.05, 4.69) is 57.4 Å². The molecule has 0 aliphatic carbocycles. The van der Waals surface area contributed by atoms with Gasteiger partial charge in [0.1, 0.15) is 12.0 Å². The number of methoxy groups -OCH3 is 2. The van der Waals surface area contributed by atoms with Gasteiger partial charge in [0.25, 0.3) is 12.3 Å². The van der Waals surface area contributed by atoms with Gasteiger partial charge in [-0.15, -0.1) is 5.10 Å². The number of halogens is 3. The van der Waals surface area contributed by atoms with Crippen LogP contribution >= 0.6 is 0 Å². The standard InChI is InChI=1S/C30H34F3N7O3/c1-18(2)38-10-9-20-6-5-19(11-21(20)14-38)13-39-15-23(24(36-39)16-42-3)30(41)34-12-22-25(7-8-26(43-4)27(22)31)40-17-35-29(37-40)28(32)33/h5-8,11,15,17-18,28H,9-10,12-14,16H2,1-4H3,(H,34,41). The second-order valence-electron chi connectivity index (χ2n) is 10.6. The number of aromatic nitrogens is 5. The molecule has 0 fully saturated rings. The van der Waals surface area contributed by atoms with Crippen molar-refractivity contribution < 1.29 is 27.4 Å². The Morgan fingerprint density at radius 2 is 1.93 bits per heavy atom. The molecule has 0 radical (unpaired) electrons. The third-order valence-corrected chi connectivity index (χ3v) is 7.53. The summed E-state index contributed by atoms with van der Waals surface area (Å²) in [6, 6.07) is 9.71. The van der Waals surface area contributed by atoms with Crippen LogP contribution in [0.2, 0.25) is 0 Å².